The number of hydrogen-bond acceptors (Lipinski definition) is 5. The standard InChI is InChI=1S/C17H22N2O5/c1-11-6-5-9-13(15(11)21)16(22)24-10-14(20)19-17(23)18-12-7-3-2-4-8-12/h5-6,9,12,21H,2-4,7-8,10H2,1H3,(H2,18,19,20,23). The summed E-state index contributed by atoms with van der Waals surface area (Å²) in [6.07, 6.45) is 5.11. The van der Waals surface area contributed by atoms with Gasteiger partial charge in [0.15, 0.2) is 6.61 Å². The molecule has 1 aliphatic rings. The molecule has 130 valence electrons. The Kier molecular flexibility index (Phi) is 6.17. The van der Waals surface area contributed by atoms with E-state index in [2.05, 4.69) is 10.6 Å². The second kappa shape index (κ2) is 8.33. The van der Waals surface area contributed by atoms with Gasteiger partial charge >= 0.3 is 12.0 Å². The van der Waals surface area contributed by atoms with Crippen LogP contribution in [0.2, 0.25) is 0 Å². The Balaban J connectivity index is 1.77. The minimum absolute atomic E-state index is 0.0190. The van der Waals surface area contributed by atoms with Gasteiger partial charge in [0, 0.05) is 6.04 Å². The van der Waals surface area contributed by atoms with Crippen molar-refractivity contribution in [2.75, 3.05) is 6.61 Å². The largest absolute Gasteiger partial charge is 0.507 e. The zero-order valence-corrected chi connectivity index (χ0v) is 13.6. The van der Waals surface area contributed by atoms with Crippen LogP contribution in [-0.2, 0) is 9.53 Å². The first-order valence-corrected chi connectivity index (χ1v) is 8.03. The summed E-state index contributed by atoms with van der Waals surface area (Å²) in [4.78, 5) is 35.2. The normalized spacial score (nSPS) is 14.7. The van der Waals surface area contributed by atoms with Crippen LogP contribution in [-0.4, -0.2) is 35.7 Å². The Morgan fingerprint density at radius 1 is 1.21 bits per heavy atom. The minimum Gasteiger partial charge on any atom is -0.507 e. The molecule has 7 heteroatoms. The molecule has 1 aromatic carbocycles. The van der Waals surface area contributed by atoms with Gasteiger partial charge in [0.1, 0.15) is 11.3 Å². The van der Waals surface area contributed by atoms with Gasteiger partial charge in [-0.2, -0.15) is 0 Å². The SMILES string of the molecule is Cc1cccc(C(=O)OCC(=O)NC(=O)NC2CCCCC2)c1O. The van der Waals surface area contributed by atoms with Crippen molar-refractivity contribution in [2.45, 2.75) is 45.1 Å². The van der Waals surface area contributed by atoms with Crippen molar-refractivity contribution >= 4 is 17.9 Å². The van der Waals surface area contributed by atoms with E-state index in [1.807, 2.05) is 0 Å². The number of carbonyl (C=O) groups excluding carboxylic acids is 3. The van der Waals surface area contributed by atoms with E-state index in [1.165, 1.54) is 12.5 Å². The number of amides is 3. The number of rotatable bonds is 4. The fourth-order valence-electron chi connectivity index (χ4n) is 2.66. The van der Waals surface area contributed by atoms with E-state index < -0.39 is 24.5 Å². The molecule has 0 unspecified atom stereocenters. The average Bonchev–Trinajstić information content (AvgIpc) is 2.56. The van der Waals surface area contributed by atoms with Gasteiger partial charge in [0.25, 0.3) is 5.91 Å². The molecule has 0 radical (unpaired) electrons. The zero-order valence-electron chi connectivity index (χ0n) is 13.6. The highest BCUT2D eigenvalue weighted by atomic mass is 16.5. The van der Waals surface area contributed by atoms with E-state index in [1.54, 1.807) is 19.1 Å². The van der Waals surface area contributed by atoms with Crippen molar-refractivity contribution in [2.24, 2.45) is 0 Å². The molecule has 3 amide bonds. The first kappa shape index (κ1) is 17.8. The van der Waals surface area contributed by atoms with Crippen LogP contribution in [0.25, 0.3) is 0 Å². The maximum Gasteiger partial charge on any atom is 0.342 e. The number of carbonyl (C=O) groups is 3. The second-order valence-electron chi connectivity index (χ2n) is 5.90. The van der Waals surface area contributed by atoms with E-state index in [0.717, 1.165) is 25.7 Å². The second-order valence-corrected chi connectivity index (χ2v) is 5.90. The molecule has 0 aromatic heterocycles. The van der Waals surface area contributed by atoms with Gasteiger partial charge in [-0.25, -0.2) is 9.59 Å². The number of nitrogens with one attached hydrogen (secondary N) is 2. The summed E-state index contributed by atoms with van der Waals surface area (Å²) in [7, 11) is 0. The van der Waals surface area contributed by atoms with Crippen molar-refractivity contribution in [3.63, 3.8) is 0 Å². The molecule has 3 N–H and O–H groups in total. The van der Waals surface area contributed by atoms with Crippen LogP contribution < -0.4 is 10.6 Å². The Hall–Kier alpha value is -2.57. The summed E-state index contributed by atoms with van der Waals surface area (Å²) < 4.78 is 4.83. The molecule has 24 heavy (non-hydrogen) atoms. The molecule has 2 rings (SSSR count). The molecule has 1 aliphatic carbocycles. The Morgan fingerprint density at radius 3 is 2.62 bits per heavy atom. The molecule has 7 nitrogen and oxygen atoms in total. The van der Waals surface area contributed by atoms with Crippen LogP contribution in [0, 0.1) is 6.92 Å². The van der Waals surface area contributed by atoms with Crippen LogP contribution >= 0.6 is 0 Å². The Labute approximate surface area is 140 Å². The number of imide groups is 1. The monoisotopic (exact) mass is 334 g/mol. The van der Waals surface area contributed by atoms with Crippen molar-refractivity contribution in [1.82, 2.24) is 10.6 Å². The van der Waals surface area contributed by atoms with Crippen LogP contribution in [0.1, 0.15) is 48.0 Å². The third-order valence-electron chi connectivity index (χ3n) is 3.99. The lowest BCUT2D eigenvalue weighted by Crippen LogP contribution is -2.46. The van der Waals surface area contributed by atoms with E-state index in [9.17, 15) is 19.5 Å². The molecule has 0 heterocycles. The zero-order chi connectivity index (χ0) is 17.5. The highest BCUT2D eigenvalue weighted by Gasteiger charge is 2.19. The predicted octanol–water partition coefficient (Wildman–Crippen LogP) is 2.02. The van der Waals surface area contributed by atoms with E-state index >= 15 is 0 Å². The number of benzene rings is 1. The number of hydrogen-bond donors (Lipinski definition) is 3. The van der Waals surface area contributed by atoms with Gasteiger partial charge < -0.3 is 15.2 Å². The van der Waals surface area contributed by atoms with E-state index in [0.29, 0.717) is 5.56 Å². The summed E-state index contributed by atoms with van der Waals surface area (Å²) in [5.41, 5.74) is 0.509. The molecule has 0 bridgehead atoms. The van der Waals surface area contributed by atoms with Crippen molar-refractivity contribution in [3.8, 4) is 5.75 Å². The molecular weight excluding hydrogens is 312 g/mol. The van der Waals surface area contributed by atoms with Crippen LogP contribution in [0.4, 0.5) is 4.79 Å². The molecule has 1 saturated carbocycles. The first-order valence-electron chi connectivity index (χ1n) is 8.03. The maximum absolute atomic E-state index is 11.9. The lowest BCUT2D eigenvalue weighted by Gasteiger charge is -2.22. The molecule has 0 aliphatic heterocycles. The van der Waals surface area contributed by atoms with Crippen LogP contribution in [0.15, 0.2) is 18.2 Å². The quantitative estimate of drug-likeness (QED) is 0.731. The van der Waals surface area contributed by atoms with Crippen molar-refractivity contribution in [3.05, 3.63) is 29.3 Å². The summed E-state index contributed by atoms with van der Waals surface area (Å²) in [6, 6.07) is 4.15. The molecule has 0 atom stereocenters. The summed E-state index contributed by atoms with van der Waals surface area (Å²) in [6.45, 7) is 1.05. The summed E-state index contributed by atoms with van der Waals surface area (Å²) >= 11 is 0. The van der Waals surface area contributed by atoms with E-state index in [-0.39, 0.29) is 17.4 Å². The molecule has 1 aromatic rings. The minimum atomic E-state index is -0.820. The predicted molar refractivity (Wildman–Crippen MR) is 86.7 cm³/mol. The number of urea groups is 1. The Morgan fingerprint density at radius 2 is 1.92 bits per heavy atom. The summed E-state index contributed by atoms with van der Waals surface area (Å²) in [5.74, 6) is -1.72. The first-order chi connectivity index (χ1) is 11.5. The number of ether oxygens (including phenoxy) is 1. The number of para-hydroxylation sites is 1. The topological polar surface area (TPSA) is 105 Å². The number of esters is 1. The lowest BCUT2D eigenvalue weighted by atomic mass is 9.96. The number of aromatic hydroxyl groups is 1. The van der Waals surface area contributed by atoms with E-state index in [4.69, 9.17) is 4.74 Å². The van der Waals surface area contributed by atoms with Crippen LogP contribution in [0.5, 0.6) is 5.75 Å². The fraction of sp³-hybridized carbons (Fsp3) is 0.471. The lowest BCUT2D eigenvalue weighted by molar-refractivity contribution is -0.123. The fourth-order valence-corrected chi connectivity index (χ4v) is 2.66. The smallest absolute Gasteiger partial charge is 0.342 e. The van der Waals surface area contributed by atoms with Gasteiger partial charge in [-0.05, 0) is 31.4 Å². The van der Waals surface area contributed by atoms with Gasteiger partial charge in [-0.3, -0.25) is 10.1 Å². The van der Waals surface area contributed by atoms with Crippen molar-refractivity contribution < 1.29 is 24.2 Å². The highest BCUT2D eigenvalue weighted by molar-refractivity contribution is 5.98. The number of phenolic OH excluding ortho intramolecular Hbond substituents is 1. The van der Waals surface area contributed by atoms with Gasteiger partial charge in [-0.15, -0.1) is 0 Å². The number of aryl methyl sites for hydroxylation is 1. The molecule has 0 spiro atoms. The molecular formula is C17H22N2O5. The summed E-state index contributed by atoms with van der Waals surface area (Å²) in [5, 5.41) is 14.7. The maximum atomic E-state index is 11.9. The third kappa shape index (κ3) is 4.97. The molecule has 1 fully saturated rings. The third-order valence-corrected chi connectivity index (χ3v) is 3.99. The number of phenols is 1. The van der Waals surface area contributed by atoms with Gasteiger partial charge in [-0.1, -0.05) is 31.4 Å². The average molecular weight is 334 g/mol. The van der Waals surface area contributed by atoms with Gasteiger partial charge in [0.2, 0.25) is 0 Å². The van der Waals surface area contributed by atoms with Crippen molar-refractivity contribution in [1.29, 1.82) is 0 Å². The highest BCUT2D eigenvalue weighted by Crippen LogP contribution is 2.22. The van der Waals surface area contributed by atoms with Crippen LogP contribution in [0.3, 0.4) is 0 Å². The van der Waals surface area contributed by atoms with Gasteiger partial charge in [0.05, 0.1) is 0 Å². The Bertz CT molecular complexity index is 623. The molecule has 0 saturated heterocycles.